The quantitative estimate of drug-likeness (QED) is 0.246. The Morgan fingerprint density at radius 1 is 1.00 bits per heavy atom. The summed E-state index contributed by atoms with van der Waals surface area (Å²) >= 11 is 4.57. The molecule has 0 unspecified atom stereocenters. The summed E-state index contributed by atoms with van der Waals surface area (Å²) in [5.41, 5.74) is 3.03. The maximum Gasteiger partial charge on any atom is 0.205 e. The number of benzene rings is 1. The van der Waals surface area contributed by atoms with Gasteiger partial charge < -0.3 is 0 Å². The molecule has 1 saturated carbocycles. The fraction of sp³-hybridized carbons (Fsp3) is 0.458. The maximum atomic E-state index is 4.57. The molecule has 0 aliphatic heterocycles. The molecule has 1 aliphatic carbocycles. The van der Waals surface area contributed by atoms with Crippen LogP contribution in [0.4, 0.5) is 5.69 Å². The van der Waals surface area contributed by atoms with Gasteiger partial charge in [0.1, 0.15) is 5.69 Å². The van der Waals surface area contributed by atoms with Crippen LogP contribution in [-0.2, 0) is 0 Å². The minimum absolute atomic E-state index is 0.480. The molecule has 1 fully saturated rings. The zero-order chi connectivity index (χ0) is 19.6. The number of hydrogen-bond donors (Lipinski definition) is 0. The first-order valence-corrected chi connectivity index (χ1v) is 10.7. The van der Waals surface area contributed by atoms with Crippen LogP contribution in [-0.4, -0.2) is 15.1 Å². The van der Waals surface area contributed by atoms with E-state index in [0.29, 0.717) is 17.4 Å². The first kappa shape index (κ1) is 20.4. The monoisotopic (exact) mass is 389 g/mol. The minimum Gasteiger partial charge on any atom is -0.227 e. The normalized spacial score (nSPS) is 18.6. The first-order chi connectivity index (χ1) is 13.8. The summed E-state index contributed by atoms with van der Waals surface area (Å²) in [6.07, 6.45) is 14.2. The van der Waals surface area contributed by atoms with Crippen LogP contribution in [0.15, 0.2) is 41.7 Å². The van der Waals surface area contributed by atoms with Gasteiger partial charge in [-0.3, -0.25) is 0 Å². The van der Waals surface area contributed by atoms with Gasteiger partial charge in [0.15, 0.2) is 0 Å². The summed E-state index contributed by atoms with van der Waals surface area (Å²) in [6, 6.07) is 8.70. The molecule has 3 nitrogen and oxygen atoms in total. The van der Waals surface area contributed by atoms with E-state index in [-0.39, 0.29) is 0 Å². The SMILES string of the molecule is CCCCCC1CCC(c2ccc(C#Cc3ncc(N=C=S)cn3)cc2)CC1. The van der Waals surface area contributed by atoms with Crippen LogP contribution in [0.5, 0.6) is 0 Å². The van der Waals surface area contributed by atoms with Crippen molar-refractivity contribution in [1.29, 1.82) is 0 Å². The number of aromatic nitrogens is 2. The van der Waals surface area contributed by atoms with Crippen molar-refractivity contribution in [3.63, 3.8) is 0 Å². The van der Waals surface area contributed by atoms with Gasteiger partial charge in [0, 0.05) is 5.56 Å². The Morgan fingerprint density at radius 3 is 2.36 bits per heavy atom. The third kappa shape index (κ3) is 6.09. The molecule has 0 N–H and O–H groups in total. The van der Waals surface area contributed by atoms with Crippen molar-refractivity contribution in [3.05, 3.63) is 53.6 Å². The van der Waals surface area contributed by atoms with Crippen molar-refractivity contribution in [3.8, 4) is 11.8 Å². The molecule has 144 valence electrons. The standard InChI is InChI=1S/C24H27N3S/c1-2-3-4-5-19-6-11-21(12-7-19)22-13-8-20(9-14-22)10-15-24-25-16-23(17-26-24)27-18-28/h8-9,13-14,16-17,19,21H,2-7,11-12H2,1H3. The topological polar surface area (TPSA) is 38.1 Å². The van der Waals surface area contributed by atoms with Crippen molar-refractivity contribution in [2.45, 2.75) is 64.2 Å². The van der Waals surface area contributed by atoms with Crippen LogP contribution in [0.2, 0.25) is 0 Å². The third-order valence-corrected chi connectivity index (χ3v) is 5.67. The molecule has 1 heterocycles. The minimum atomic E-state index is 0.480. The van der Waals surface area contributed by atoms with E-state index in [2.05, 4.69) is 75.4 Å². The van der Waals surface area contributed by atoms with Crippen LogP contribution in [0.3, 0.4) is 0 Å². The zero-order valence-corrected chi connectivity index (χ0v) is 17.3. The van der Waals surface area contributed by atoms with Gasteiger partial charge in [-0.15, -0.1) is 0 Å². The second kappa shape index (κ2) is 10.9. The number of aliphatic imine (C=N–C) groups is 1. The molecule has 2 aromatic rings. The fourth-order valence-corrected chi connectivity index (χ4v) is 4.04. The van der Waals surface area contributed by atoms with E-state index >= 15 is 0 Å². The van der Waals surface area contributed by atoms with Crippen LogP contribution >= 0.6 is 12.2 Å². The van der Waals surface area contributed by atoms with Crippen molar-refractivity contribution in [2.75, 3.05) is 0 Å². The molecule has 1 aromatic carbocycles. The summed E-state index contributed by atoms with van der Waals surface area (Å²) in [4.78, 5) is 12.2. The second-order valence-electron chi connectivity index (χ2n) is 7.55. The molecule has 3 rings (SSSR count). The number of thiocarbonyl (C=S) groups is 1. The van der Waals surface area contributed by atoms with Gasteiger partial charge in [-0.25, -0.2) is 9.97 Å². The molecule has 0 amide bonds. The van der Waals surface area contributed by atoms with E-state index in [1.165, 1.54) is 56.9 Å². The molecule has 0 radical (unpaired) electrons. The molecular weight excluding hydrogens is 362 g/mol. The Balaban J connectivity index is 1.54. The van der Waals surface area contributed by atoms with Gasteiger partial charge in [-0.2, -0.15) is 4.99 Å². The molecule has 1 aliphatic rings. The van der Waals surface area contributed by atoms with E-state index < -0.39 is 0 Å². The van der Waals surface area contributed by atoms with Crippen LogP contribution in [0.1, 0.15) is 81.2 Å². The molecule has 4 heteroatoms. The van der Waals surface area contributed by atoms with Gasteiger partial charge in [-0.1, -0.05) is 50.7 Å². The predicted octanol–water partition coefficient (Wildman–Crippen LogP) is 6.46. The smallest absolute Gasteiger partial charge is 0.205 e. The highest BCUT2D eigenvalue weighted by Crippen LogP contribution is 2.37. The predicted molar refractivity (Wildman–Crippen MR) is 118 cm³/mol. The van der Waals surface area contributed by atoms with Crippen molar-refractivity contribution in [2.24, 2.45) is 10.9 Å². The van der Waals surface area contributed by atoms with Gasteiger partial charge in [0.25, 0.3) is 0 Å². The Bertz CT molecular complexity index is 847. The number of nitrogens with zero attached hydrogens (tertiary/aromatic N) is 3. The van der Waals surface area contributed by atoms with E-state index in [0.717, 1.165) is 11.5 Å². The highest BCUT2D eigenvalue weighted by Gasteiger charge is 2.21. The second-order valence-corrected chi connectivity index (χ2v) is 7.74. The number of rotatable bonds is 6. The summed E-state index contributed by atoms with van der Waals surface area (Å²) in [5.74, 6) is 8.28. The Hall–Kier alpha value is -2.34. The summed E-state index contributed by atoms with van der Waals surface area (Å²) in [5, 5.41) is 2.30. The van der Waals surface area contributed by atoms with Crippen LogP contribution in [0, 0.1) is 17.8 Å². The zero-order valence-electron chi connectivity index (χ0n) is 16.5. The lowest BCUT2D eigenvalue weighted by molar-refractivity contribution is 0.303. The molecule has 1 aromatic heterocycles. The highest BCUT2D eigenvalue weighted by atomic mass is 32.1. The van der Waals surface area contributed by atoms with Gasteiger partial charge in [-0.05, 0) is 73.4 Å². The molecule has 28 heavy (non-hydrogen) atoms. The Morgan fingerprint density at radius 2 is 1.71 bits per heavy atom. The number of unbranched alkanes of at least 4 members (excludes halogenated alkanes) is 2. The number of isothiocyanates is 1. The molecule has 0 saturated heterocycles. The third-order valence-electron chi connectivity index (χ3n) is 5.58. The first-order valence-electron chi connectivity index (χ1n) is 10.3. The highest BCUT2D eigenvalue weighted by molar-refractivity contribution is 7.78. The van der Waals surface area contributed by atoms with Crippen molar-refractivity contribution in [1.82, 2.24) is 9.97 Å². The van der Waals surface area contributed by atoms with Crippen LogP contribution in [0.25, 0.3) is 0 Å². The molecule has 0 spiro atoms. The summed E-state index contributed by atoms with van der Waals surface area (Å²) in [7, 11) is 0. The maximum absolute atomic E-state index is 4.57. The molecule has 0 bridgehead atoms. The van der Waals surface area contributed by atoms with Crippen LogP contribution < -0.4 is 0 Å². The van der Waals surface area contributed by atoms with E-state index in [9.17, 15) is 0 Å². The number of hydrogen-bond acceptors (Lipinski definition) is 4. The largest absolute Gasteiger partial charge is 0.227 e. The van der Waals surface area contributed by atoms with Crippen molar-refractivity contribution < 1.29 is 0 Å². The Kier molecular flexibility index (Phi) is 7.91. The van der Waals surface area contributed by atoms with E-state index in [1.54, 1.807) is 12.4 Å². The molecule has 0 atom stereocenters. The van der Waals surface area contributed by atoms with Gasteiger partial charge in [0.2, 0.25) is 5.82 Å². The molecular formula is C24H27N3S. The lowest BCUT2D eigenvalue weighted by Crippen LogP contribution is -2.13. The van der Waals surface area contributed by atoms with E-state index in [1.807, 2.05) is 0 Å². The van der Waals surface area contributed by atoms with Gasteiger partial charge in [0.05, 0.1) is 17.6 Å². The summed E-state index contributed by atoms with van der Waals surface area (Å²) in [6.45, 7) is 2.28. The van der Waals surface area contributed by atoms with E-state index in [4.69, 9.17) is 0 Å². The lowest BCUT2D eigenvalue weighted by atomic mass is 9.77. The lowest BCUT2D eigenvalue weighted by Gasteiger charge is -2.29. The average Bonchev–Trinajstić information content (AvgIpc) is 2.75. The van der Waals surface area contributed by atoms with Gasteiger partial charge >= 0.3 is 0 Å². The van der Waals surface area contributed by atoms with Crippen molar-refractivity contribution >= 4 is 23.1 Å². The summed E-state index contributed by atoms with van der Waals surface area (Å²) < 4.78 is 0. The Labute approximate surface area is 173 Å². The average molecular weight is 390 g/mol. The fourth-order valence-electron chi connectivity index (χ4n) is 3.93.